The van der Waals surface area contributed by atoms with E-state index in [9.17, 15) is 14.4 Å². The van der Waals surface area contributed by atoms with Crippen LogP contribution in [0.5, 0.6) is 0 Å². The van der Waals surface area contributed by atoms with E-state index in [1.54, 1.807) is 37.3 Å². The summed E-state index contributed by atoms with van der Waals surface area (Å²) >= 11 is 0. The molecule has 0 radical (unpaired) electrons. The molecule has 7 heteroatoms. The smallest absolute Gasteiger partial charge is 0.338 e. The maximum Gasteiger partial charge on any atom is 0.338 e. The minimum atomic E-state index is -0.668. The average Bonchev–Trinajstić information content (AvgIpc) is 3.22. The van der Waals surface area contributed by atoms with Crippen LogP contribution in [-0.2, 0) is 9.53 Å². The van der Waals surface area contributed by atoms with Crippen molar-refractivity contribution in [3.63, 3.8) is 0 Å². The third kappa shape index (κ3) is 5.44. The lowest BCUT2D eigenvalue weighted by Gasteiger charge is -2.19. The maximum atomic E-state index is 12.3. The highest BCUT2D eigenvalue weighted by Gasteiger charge is 2.17. The highest BCUT2D eigenvalue weighted by Crippen LogP contribution is 2.19. The Labute approximate surface area is 163 Å². The van der Waals surface area contributed by atoms with Crippen LogP contribution in [0, 0.1) is 6.92 Å². The molecule has 2 aromatic rings. The third-order valence-corrected chi connectivity index (χ3v) is 3.84. The van der Waals surface area contributed by atoms with E-state index in [0.29, 0.717) is 18.8 Å². The van der Waals surface area contributed by atoms with Crippen LogP contribution in [0.3, 0.4) is 0 Å². The Balaban J connectivity index is 2.03. The number of anilines is 1. The van der Waals surface area contributed by atoms with Crippen LogP contribution in [0.15, 0.2) is 66.3 Å². The molecule has 0 spiro atoms. The van der Waals surface area contributed by atoms with Crippen molar-refractivity contribution >= 4 is 23.5 Å². The monoisotopic (exact) mass is 382 g/mol. The molecule has 1 aromatic heterocycles. The van der Waals surface area contributed by atoms with Gasteiger partial charge in [-0.05, 0) is 36.8 Å². The molecule has 0 aliphatic rings. The largest absolute Gasteiger partial charge is 0.459 e. The molecule has 1 aromatic carbocycles. The van der Waals surface area contributed by atoms with Gasteiger partial charge in [0.1, 0.15) is 0 Å². The fourth-order valence-electron chi connectivity index (χ4n) is 2.37. The molecular formula is C21H22N2O5. The number of hydrogen-bond acceptors (Lipinski definition) is 5. The summed E-state index contributed by atoms with van der Waals surface area (Å²) in [6.07, 6.45) is 4.56. The molecule has 0 unspecified atom stereocenters. The quantitative estimate of drug-likeness (QED) is 0.531. The summed E-state index contributed by atoms with van der Waals surface area (Å²) in [5, 5.41) is 2.69. The number of nitrogens with one attached hydrogen (secondary N) is 1. The number of carbonyl (C=O) groups is 3. The van der Waals surface area contributed by atoms with Gasteiger partial charge in [-0.25, -0.2) is 4.79 Å². The number of rotatable bonds is 9. The Morgan fingerprint density at radius 2 is 1.89 bits per heavy atom. The lowest BCUT2D eigenvalue weighted by atomic mass is 10.1. The van der Waals surface area contributed by atoms with Crippen LogP contribution < -0.4 is 5.32 Å². The molecule has 0 saturated carbocycles. The van der Waals surface area contributed by atoms with Crippen LogP contribution >= 0.6 is 0 Å². The lowest BCUT2D eigenvalue weighted by Crippen LogP contribution is -2.35. The average molecular weight is 382 g/mol. The summed E-state index contributed by atoms with van der Waals surface area (Å²) in [5.74, 6) is -1.30. The van der Waals surface area contributed by atoms with E-state index in [4.69, 9.17) is 9.15 Å². The molecule has 1 heterocycles. The van der Waals surface area contributed by atoms with Crippen molar-refractivity contribution in [2.45, 2.75) is 6.92 Å². The Bertz CT molecular complexity index is 861. The van der Waals surface area contributed by atoms with Gasteiger partial charge in [-0.3, -0.25) is 9.59 Å². The maximum absolute atomic E-state index is 12.3. The first-order valence-corrected chi connectivity index (χ1v) is 8.58. The van der Waals surface area contributed by atoms with Gasteiger partial charge in [-0.2, -0.15) is 0 Å². The highest BCUT2D eigenvalue weighted by molar-refractivity contribution is 6.03. The second-order valence-electron chi connectivity index (χ2n) is 5.91. The molecule has 146 valence electrons. The van der Waals surface area contributed by atoms with Crippen LogP contribution in [0.4, 0.5) is 5.69 Å². The molecule has 0 aliphatic heterocycles. The molecule has 7 nitrogen and oxygen atoms in total. The van der Waals surface area contributed by atoms with E-state index in [2.05, 4.69) is 18.5 Å². The van der Waals surface area contributed by atoms with Crippen LogP contribution in [-0.4, -0.2) is 42.4 Å². The Hall–Kier alpha value is -3.61. The van der Waals surface area contributed by atoms with Gasteiger partial charge in [-0.15, -0.1) is 13.2 Å². The van der Waals surface area contributed by atoms with Gasteiger partial charge in [0.15, 0.2) is 12.4 Å². The number of hydrogen-bond donors (Lipinski definition) is 1. The zero-order chi connectivity index (χ0) is 20.5. The van der Waals surface area contributed by atoms with Crippen LogP contribution in [0.2, 0.25) is 0 Å². The van der Waals surface area contributed by atoms with Crippen molar-refractivity contribution in [2.24, 2.45) is 0 Å². The molecule has 2 rings (SSSR count). The van der Waals surface area contributed by atoms with Gasteiger partial charge >= 0.3 is 5.97 Å². The standard InChI is InChI=1S/C21H22N2O5/c1-4-10-23(11-5-2)19(24)14-28-21(26)16-9-8-15(3)17(13-16)22-20(25)18-7-6-12-27-18/h4-9,12-13H,1-2,10-11,14H2,3H3,(H,22,25). The predicted octanol–water partition coefficient (Wildman–Crippen LogP) is 3.20. The van der Waals surface area contributed by atoms with Crippen molar-refractivity contribution in [3.05, 3.63) is 78.8 Å². The topological polar surface area (TPSA) is 88.9 Å². The first-order valence-electron chi connectivity index (χ1n) is 8.58. The highest BCUT2D eigenvalue weighted by atomic mass is 16.5. The normalized spacial score (nSPS) is 10.0. The van der Waals surface area contributed by atoms with E-state index in [-0.39, 0.29) is 17.2 Å². The SMILES string of the molecule is C=CCN(CC=C)C(=O)COC(=O)c1ccc(C)c(NC(=O)c2ccco2)c1. The van der Waals surface area contributed by atoms with Crippen LogP contribution in [0.25, 0.3) is 0 Å². The third-order valence-electron chi connectivity index (χ3n) is 3.84. The van der Waals surface area contributed by atoms with E-state index < -0.39 is 18.5 Å². The minimum absolute atomic E-state index is 0.155. The van der Waals surface area contributed by atoms with Crippen molar-refractivity contribution in [3.8, 4) is 0 Å². The summed E-state index contributed by atoms with van der Waals surface area (Å²) in [5.41, 5.74) is 1.42. The number of esters is 1. The van der Waals surface area contributed by atoms with Gasteiger partial charge < -0.3 is 19.4 Å². The lowest BCUT2D eigenvalue weighted by molar-refractivity contribution is -0.133. The molecule has 1 N–H and O–H groups in total. The minimum Gasteiger partial charge on any atom is -0.459 e. The number of aryl methyl sites for hydroxylation is 1. The second-order valence-corrected chi connectivity index (χ2v) is 5.91. The van der Waals surface area contributed by atoms with Crippen molar-refractivity contribution in [1.29, 1.82) is 0 Å². The zero-order valence-corrected chi connectivity index (χ0v) is 15.6. The molecule has 0 fully saturated rings. The second kappa shape index (κ2) is 9.91. The molecule has 2 amide bonds. The van der Waals surface area contributed by atoms with Gasteiger partial charge in [0.2, 0.25) is 0 Å². The summed E-state index contributed by atoms with van der Waals surface area (Å²) < 4.78 is 10.2. The van der Waals surface area contributed by atoms with E-state index >= 15 is 0 Å². The molecule has 0 atom stereocenters. The number of carbonyl (C=O) groups excluding carboxylic acids is 3. The fourth-order valence-corrected chi connectivity index (χ4v) is 2.37. The summed E-state index contributed by atoms with van der Waals surface area (Å²) in [7, 11) is 0. The molecule has 28 heavy (non-hydrogen) atoms. The zero-order valence-electron chi connectivity index (χ0n) is 15.6. The number of benzene rings is 1. The summed E-state index contributed by atoms with van der Waals surface area (Å²) in [6, 6.07) is 7.88. The van der Waals surface area contributed by atoms with Gasteiger partial charge in [0.05, 0.1) is 11.8 Å². The van der Waals surface area contributed by atoms with Gasteiger partial charge in [0.25, 0.3) is 11.8 Å². The van der Waals surface area contributed by atoms with E-state index in [0.717, 1.165) is 5.56 Å². The number of ether oxygens (including phenoxy) is 1. The van der Waals surface area contributed by atoms with Gasteiger partial charge in [-0.1, -0.05) is 18.2 Å². The van der Waals surface area contributed by atoms with Crippen LogP contribution in [0.1, 0.15) is 26.5 Å². The fraction of sp³-hybridized carbons (Fsp3) is 0.190. The first-order chi connectivity index (χ1) is 13.5. The number of furan rings is 1. The molecular weight excluding hydrogens is 360 g/mol. The molecule has 0 aliphatic carbocycles. The van der Waals surface area contributed by atoms with E-state index in [1.807, 2.05) is 0 Å². The summed E-state index contributed by atoms with van der Waals surface area (Å²) in [4.78, 5) is 38.0. The number of amides is 2. The van der Waals surface area contributed by atoms with Gasteiger partial charge in [0, 0.05) is 18.8 Å². The number of nitrogens with zero attached hydrogens (tertiary/aromatic N) is 1. The van der Waals surface area contributed by atoms with Crippen molar-refractivity contribution < 1.29 is 23.5 Å². The van der Waals surface area contributed by atoms with Crippen molar-refractivity contribution in [1.82, 2.24) is 4.90 Å². The first kappa shape index (κ1) is 20.7. The predicted molar refractivity (Wildman–Crippen MR) is 105 cm³/mol. The molecule has 0 saturated heterocycles. The Morgan fingerprint density at radius 1 is 1.18 bits per heavy atom. The van der Waals surface area contributed by atoms with Crippen molar-refractivity contribution in [2.75, 3.05) is 25.0 Å². The Morgan fingerprint density at radius 3 is 2.50 bits per heavy atom. The van der Waals surface area contributed by atoms with E-state index in [1.165, 1.54) is 23.3 Å². The summed E-state index contributed by atoms with van der Waals surface area (Å²) in [6.45, 7) is 9.23. The molecule has 0 bridgehead atoms. The Kier molecular flexibility index (Phi) is 7.33.